The van der Waals surface area contributed by atoms with Gasteiger partial charge in [0.25, 0.3) is 0 Å². The van der Waals surface area contributed by atoms with Crippen LogP contribution in [0.15, 0.2) is 24.4 Å². The first kappa shape index (κ1) is 12.7. The molecule has 0 aliphatic heterocycles. The lowest BCUT2D eigenvalue weighted by atomic mass is 9.92. The molecule has 1 N–H and O–H groups in total. The molecule has 0 saturated heterocycles. The van der Waals surface area contributed by atoms with Crippen LogP contribution in [-0.2, 0) is 13.5 Å². The van der Waals surface area contributed by atoms with Crippen molar-refractivity contribution >= 4 is 5.69 Å². The van der Waals surface area contributed by atoms with E-state index in [-0.39, 0.29) is 6.04 Å². The largest absolute Gasteiger partial charge is 0.377 e. The number of fused-ring (bicyclic) bond motifs is 1. The fourth-order valence-electron chi connectivity index (χ4n) is 2.98. The molecule has 1 aliphatic rings. The molecule has 0 bridgehead atoms. The van der Waals surface area contributed by atoms with E-state index in [4.69, 9.17) is 0 Å². The number of rotatable bonds is 2. The summed E-state index contributed by atoms with van der Waals surface area (Å²) in [6, 6.07) is 8.50. The SMILES string of the molecule is Cc1cccc(NC2CCCc3c2cnn3C)c1C#N. The topological polar surface area (TPSA) is 53.6 Å². The van der Waals surface area contributed by atoms with Crippen LogP contribution >= 0.6 is 0 Å². The first-order valence-corrected chi connectivity index (χ1v) is 6.97. The van der Waals surface area contributed by atoms with Crippen molar-refractivity contribution in [3.63, 3.8) is 0 Å². The van der Waals surface area contributed by atoms with Crippen molar-refractivity contribution in [3.8, 4) is 6.07 Å². The van der Waals surface area contributed by atoms with Crippen molar-refractivity contribution < 1.29 is 0 Å². The van der Waals surface area contributed by atoms with Gasteiger partial charge in [-0.1, -0.05) is 12.1 Å². The van der Waals surface area contributed by atoms with Gasteiger partial charge in [0.2, 0.25) is 0 Å². The monoisotopic (exact) mass is 266 g/mol. The standard InChI is InChI=1S/C16H18N4/c1-11-5-3-6-14(12(11)9-17)19-15-7-4-8-16-13(15)10-18-20(16)2/h3,5-6,10,15,19H,4,7-8H2,1-2H3. The Morgan fingerprint density at radius 3 is 3.10 bits per heavy atom. The minimum absolute atomic E-state index is 0.251. The molecule has 1 aliphatic carbocycles. The normalized spacial score (nSPS) is 17.4. The van der Waals surface area contributed by atoms with Crippen LogP contribution in [-0.4, -0.2) is 9.78 Å². The van der Waals surface area contributed by atoms with Crippen LogP contribution in [0.1, 0.15) is 41.3 Å². The van der Waals surface area contributed by atoms with Gasteiger partial charge in [0, 0.05) is 18.3 Å². The van der Waals surface area contributed by atoms with Gasteiger partial charge >= 0.3 is 0 Å². The average molecular weight is 266 g/mol. The third-order valence-electron chi connectivity index (χ3n) is 4.09. The Morgan fingerprint density at radius 1 is 1.45 bits per heavy atom. The molecule has 3 rings (SSSR count). The summed E-state index contributed by atoms with van der Waals surface area (Å²) in [6.07, 6.45) is 5.27. The number of anilines is 1. The fraction of sp³-hybridized carbons (Fsp3) is 0.375. The van der Waals surface area contributed by atoms with Crippen molar-refractivity contribution in [1.82, 2.24) is 9.78 Å². The highest BCUT2D eigenvalue weighted by Gasteiger charge is 2.23. The molecule has 102 valence electrons. The van der Waals surface area contributed by atoms with Crippen molar-refractivity contribution in [2.75, 3.05) is 5.32 Å². The highest BCUT2D eigenvalue weighted by Crippen LogP contribution is 2.33. The molecule has 0 amide bonds. The molecule has 1 aromatic carbocycles. The molecule has 20 heavy (non-hydrogen) atoms. The summed E-state index contributed by atoms with van der Waals surface area (Å²) in [7, 11) is 1.99. The summed E-state index contributed by atoms with van der Waals surface area (Å²) in [6.45, 7) is 1.97. The van der Waals surface area contributed by atoms with Crippen LogP contribution in [0.25, 0.3) is 0 Å². The van der Waals surface area contributed by atoms with Gasteiger partial charge < -0.3 is 5.32 Å². The van der Waals surface area contributed by atoms with Gasteiger partial charge in [-0.15, -0.1) is 0 Å². The summed E-state index contributed by atoms with van der Waals surface area (Å²) in [5.74, 6) is 0. The molecule has 4 nitrogen and oxygen atoms in total. The van der Waals surface area contributed by atoms with Crippen LogP contribution < -0.4 is 5.32 Å². The summed E-state index contributed by atoms with van der Waals surface area (Å²) in [5, 5.41) is 17.2. The van der Waals surface area contributed by atoms with Crippen LogP contribution in [0.5, 0.6) is 0 Å². The molecule has 2 aromatic rings. The van der Waals surface area contributed by atoms with Crippen LogP contribution in [0.4, 0.5) is 5.69 Å². The quantitative estimate of drug-likeness (QED) is 0.908. The van der Waals surface area contributed by atoms with Gasteiger partial charge in [-0.2, -0.15) is 10.4 Å². The zero-order valence-electron chi connectivity index (χ0n) is 11.8. The molecule has 4 heteroatoms. The Labute approximate surface area is 119 Å². The van der Waals surface area contributed by atoms with Crippen molar-refractivity contribution in [1.29, 1.82) is 5.26 Å². The maximum absolute atomic E-state index is 9.32. The number of nitrogens with zero attached hydrogens (tertiary/aromatic N) is 3. The maximum Gasteiger partial charge on any atom is 0.102 e. The van der Waals surface area contributed by atoms with Crippen LogP contribution in [0, 0.1) is 18.3 Å². The third-order valence-corrected chi connectivity index (χ3v) is 4.09. The number of hydrogen-bond donors (Lipinski definition) is 1. The number of hydrogen-bond acceptors (Lipinski definition) is 3. The van der Waals surface area contributed by atoms with Gasteiger partial charge in [-0.25, -0.2) is 0 Å². The first-order valence-electron chi connectivity index (χ1n) is 6.97. The molecule has 0 saturated carbocycles. The van der Waals surface area contributed by atoms with Crippen molar-refractivity contribution in [2.45, 2.75) is 32.2 Å². The predicted octanol–water partition coefficient (Wildman–Crippen LogP) is 3.09. The zero-order valence-corrected chi connectivity index (χ0v) is 11.8. The molecule has 0 spiro atoms. The van der Waals surface area contributed by atoms with E-state index in [1.807, 2.05) is 43.0 Å². The highest BCUT2D eigenvalue weighted by molar-refractivity contribution is 5.61. The molecular formula is C16H18N4. The number of benzene rings is 1. The van der Waals surface area contributed by atoms with E-state index in [1.54, 1.807) is 0 Å². The molecule has 1 atom stereocenters. The van der Waals surface area contributed by atoms with Crippen molar-refractivity contribution in [3.05, 3.63) is 46.8 Å². The molecular weight excluding hydrogens is 248 g/mol. The summed E-state index contributed by atoms with van der Waals surface area (Å²) in [5.41, 5.74) is 5.25. The molecule has 0 radical (unpaired) electrons. The van der Waals surface area contributed by atoms with Crippen LogP contribution in [0.2, 0.25) is 0 Å². The maximum atomic E-state index is 9.32. The Bertz CT molecular complexity index is 678. The zero-order chi connectivity index (χ0) is 14.1. The summed E-state index contributed by atoms with van der Waals surface area (Å²) >= 11 is 0. The third kappa shape index (κ3) is 2.05. The van der Waals surface area contributed by atoms with Gasteiger partial charge in [-0.3, -0.25) is 4.68 Å². The first-order chi connectivity index (χ1) is 9.70. The Kier molecular flexibility index (Phi) is 3.19. The van der Waals surface area contributed by atoms with Crippen molar-refractivity contribution in [2.24, 2.45) is 7.05 Å². The summed E-state index contributed by atoms with van der Waals surface area (Å²) in [4.78, 5) is 0. The number of nitrogens with one attached hydrogen (secondary N) is 1. The second kappa shape index (κ2) is 5.01. The molecule has 0 fully saturated rings. The Hall–Kier alpha value is -2.28. The molecule has 1 heterocycles. The minimum atomic E-state index is 0.251. The van der Waals surface area contributed by atoms with Crippen LogP contribution in [0.3, 0.4) is 0 Å². The second-order valence-electron chi connectivity index (χ2n) is 5.37. The predicted molar refractivity (Wildman–Crippen MR) is 78.4 cm³/mol. The van der Waals surface area contributed by atoms with E-state index in [0.717, 1.165) is 36.1 Å². The van der Waals surface area contributed by atoms with Gasteiger partial charge in [-0.05, 0) is 37.8 Å². The van der Waals surface area contributed by atoms with Gasteiger partial charge in [0.15, 0.2) is 0 Å². The minimum Gasteiger partial charge on any atom is -0.377 e. The number of aryl methyl sites for hydroxylation is 2. The fourth-order valence-corrected chi connectivity index (χ4v) is 2.98. The number of nitriles is 1. The molecule has 1 aromatic heterocycles. The van der Waals surface area contributed by atoms with E-state index in [9.17, 15) is 5.26 Å². The second-order valence-corrected chi connectivity index (χ2v) is 5.37. The lowest BCUT2D eigenvalue weighted by molar-refractivity contribution is 0.571. The summed E-state index contributed by atoms with van der Waals surface area (Å²) < 4.78 is 1.96. The van der Waals surface area contributed by atoms with Gasteiger partial charge in [0.1, 0.15) is 6.07 Å². The highest BCUT2D eigenvalue weighted by atomic mass is 15.3. The molecule has 1 unspecified atom stereocenters. The van der Waals surface area contributed by atoms with E-state index >= 15 is 0 Å². The van der Waals surface area contributed by atoms with E-state index in [1.165, 1.54) is 11.3 Å². The Balaban J connectivity index is 1.94. The average Bonchev–Trinajstić information content (AvgIpc) is 2.82. The van der Waals surface area contributed by atoms with E-state index < -0.39 is 0 Å². The van der Waals surface area contributed by atoms with Gasteiger partial charge in [0.05, 0.1) is 23.5 Å². The van der Waals surface area contributed by atoms with E-state index in [2.05, 4.69) is 16.5 Å². The lowest BCUT2D eigenvalue weighted by Crippen LogP contribution is -2.18. The number of aromatic nitrogens is 2. The van der Waals surface area contributed by atoms with E-state index in [0.29, 0.717) is 0 Å². The Morgan fingerprint density at radius 2 is 2.30 bits per heavy atom. The smallest absolute Gasteiger partial charge is 0.102 e. The lowest BCUT2D eigenvalue weighted by Gasteiger charge is -2.25.